The van der Waals surface area contributed by atoms with E-state index in [1.165, 1.54) is 0 Å². The molecule has 3 nitrogen and oxygen atoms in total. The Hall–Kier alpha value is -0.800. The van der Waals surface area contributed by atoms with Crippen LogP contribution >= 0.6 is 6.49 Å². The molecule has 1 heterocycles. The molecule has 1 aromatic heterocycles. The first kappa shape index (κ1) is 11.7. The molecule has 0 aliphatic carbocycles. The molecule has 2 rings (SSSR count). The lowest BCUT2D eigenvalue weighted by atomic mass is 10.2. The Kier molecular flexibility index (Phi) is 3.36. The van der Waals surface area contributed by atoms with Crippen LogP contribution < -0.4 is 5.44 Å². The summed E-state index contributed by atoms with van der Waals surface area (Å²) in [5.41, 5.74) is 1.61. The lowest BCUT2D eigenvalue weighted by Crippen LogP contribution is -2.11. The van der Waals surface area contributed by atoms with Crippen LogP contribution in [0.2, 0.25) is 0 Å². The topological polar surface area (TPSA) is 31.4 Å². The van der Waals surface area contributed by atoms with Crippen molar-refractivity contribution >= 4 is 34.6 Å². The minimum Gasteiger partial charge on any atom is -0.328 e. The van der Waals surface area contributed by atoms with Gasteiger partial charge in [0.15, 0.2) is 0 Å². The van der Waals surface area contributed by atoms with Gasteiger partial charge in [0.25, 0.3) is 0 Å². The average molecular weight is 253 g/mol. The van der Waals surface area contributed by atoms with Crippen molar-refractivity contribution in [3.8, 4) is 0 Å². The molecule has 5 heteroatoms. The third-order valence-electron chi connectivity index (χ3n) is 2.35. The molecule has 84 valence electrons. The van der Waals surface area contributed by atoms with Gasteiger partial charge in [0.1, 0.15) is 5.44 Å². The maximum Gasteiger partial charge on any atom is 0.237 e. The standard InChI is InChI=1S/C11H12NO2PS/c1-13-15(16,14-2)11-8-7-9-5-3-4-6-10(9)12-11/h3-8H,1-2H3. The highest BCUT2D eigenvalue weighted by molar-refractivity contribution is 8.13. The third-order valence-corrected chi connectivity index (χ3v) is 5.57. The molecule has 1 aromatic carbocycles. The molecular formula is C11H12NO2PS. The summed E-state index contributed by atoms with van der Waals surface area (Å²) >= 11 is 5.34. The van der Waals surface area contributed by atoms with Crippen LogP contribution in [-0.2, 0) is 20.9 Å². The van der Waals surface area contributed by atoms with Crippen LogP contribution in [0.3, 0.4) is 0 Å². The molecular weight excluding hydrogens is 241 g/mol. The van der Waals surface area contributed by atoms with E-state index in [2.05, 4.69) is 4.98 Å². The highest BCUT2D eigenvalue weighted by atomic mass is 32.5. The van der Waals surface area contributed by atoms with Crippen LogP contribution in [0.1, 0.15) is 0 Å². The fraction of sp³-hybridized carbons (Fsp3) is 0.182. The summed E-state index contributed by atoms with van der Waals surface area (Å²) in [4.78, 5) is 4.48. The van der Waals surface area contributed by atoms with Crippen molar-refractivity contribution in [2.24, 2.45) is 0 Å². The summed E-state index contributed by atoms with van der Waals surface area (Å²) in [7, 11) is 3.11. The molecule has 0 saturated heterocycles. The van der Waals surface area contributed by atoms with E-state index in [4.69, 9.17) is 20.9 Å². The zero-order valence-electron chi connectivity index (χ0n) is 9.08. The van der Waals surface area contributed by atoms with E-state index in [1.807, 2.05) is 36.4 Å². The van der Waals surface area contributed by atoms with Crippen LogP contribution in [-0.4, -0.2) is 19.2 Å². The second-order valence-corrected chi connectivity index (χ2v) is 6.85. The van der Waals surface area contributed by atoms with Gasteiger partial charge < -0.3 is 9.05 Å². The van der Waals surface area contributed by atoms with Crippen molar-refractivity contribution in [1.82, 2.24) is 4.98 Å². The Morgan fingerprint density at radius 2 is 1.75 bits per heavy atom. The molecule has 16 heavy (non-hydrogen) atoms. The Bertz CT molecular complexity index is 550. The van der Waals surface area contributed by atoms with Gasteiger partial charge in [-0.25, -0.2) is 4.98 Å². The number of fused-ring (bicyclic) bond motifs is 1. The van der Waals surface area contributed by atoms with Crippen molar-refractivity contribution in [3.05, 3.63) is 36.4 Å². The zero-order valence-corrected chi connectivity index (χ0v) is 10.8. The van der Waals surface area contributed by atoms with Crippen LogP contribution in [0, 0.1) is 0 Å². The van der Waals surface area contributed by atoms with Gasteiger partial charge in [-0.05, 0) is 23.9 Å². The summed E-state index contributed by atoms with van der Waals surface area (Å²) in [5.74, 6) is 0. The van der Waals surface area contributed by atoms with Crippen LogP contribution in [0.25, 0.3) is 10.9 Å². The first-order chi connectivity index (χ1) is 7.69. The van der Waals surface area contributed by atoms with Crippen LogP contribution in [0.5, 0.6) is 0 Å². The lowest BCUT2D eigenvalue weighted by molar-refractivity contribution is 0.346. The fourth-order valence-corrected chi connectivity index (χ4v) is 2.78. The van der Waals surface area contributed by atoms with Gasteiger partial charge in [0.2, 0.25) is 6.49 Å². The molecule has 0 bridgehead atoms. The molecule has 0 radical (unpaired) electrons. The van der Waals surface area contributed by atoms with Gasteiger partial charge in [-0.1, -0.05) is 24.3 Å². The highest BCUT2D eigenvalue weighted by Crippen LogP contribution is 2.44. The lowest BCUT2D eigenvalue weighted by Gasteiger charge is -2.17. The summed E-state index contributed by atoms with van der Waals surface area (Å²) < 4.78 is 10.5. The van der Waals surface area contributed by atoms with Crippen molar-refractivity contribution < 1.29 is 9.05 Å². The second-order valence-electron chi connectivity index (χ2n) is 3.22. The van der Waals surface area contributed by atoms with Crippen molar-refractivity contribution in [2.75, 3.05) is 14.2 Å². The van der Waals surface area contributed by atoms with E-state index in [-0.39, 0.29) is 0 Å². The molecule has 0 amide bonds. The Morgan fingerprint density at radius 3 is 2.44 bits per heavy atom. The van der Waals surface area contributed by atoms with Gasteiger partial charge >= 0.3 is 0 Å². The van der Waals surface area contributed by atoms with Crippen molar-refractivity contribution in [3.63, 3.8) is 0 Å². The largest absolute Gasteiger partial charge is 0.328 e. The van der Waals surface area contributed by atoms with Crippen LogP contribution in [0.15, 0.2) is 36.4 Å². The monoisotopic (exact) mass is 253 g/mol. The quantitative estimate of drug-likeness (QED) is 0.786. The van der Waals surface area contributed by atoms with Gasteiger partial charge in [0.05, 0.1) is 5.52 Å². The summed E-state index contributed by atoms with van der Waals surface area (Å²) in [6.45, 7) is -2.42. The predicted octanol–water partition coefficient (Wildman–Crippen LogP) is 2.46. The summed E-state index contributed by atoms with van der Waals surface area (Å²) in [6, 6.07) is 11.7. The van der Waals surface area contributed by atoms with E-state index in [0.29, 0.717) is 5.44 Å². The number of hydrogen-bond acceptors (Lipinski definition) is 4. The summed E-state index contributed by atoms with van der Waals surface area (Å²) in [6.07, 6.45) is 0. The number of rotatable bonds is 3. The number of nitrogens with zero attached hydrogens (tertiary/aromatic N) is 1. The first-order valence-electron chi connectivity index (χ1n) is 4.77. The predicted molar refractivity (Wildman–Crippen MR) is 69.7 cm³/mol. The molecule has 0 unspecified atom stereocenters. The van der Waals surface area contributed by atoms with Crippen molar-refractivity contribution in [1.29, 1.82) is 0 Å². The molecule has 0 spiro atoms. The Balaban J connectivity index is 2.59. The summed E-state index contributed by atoms with van der Waals surface area (Å²) in [5, 5.41) is 1.08. The van der Waals surface area contributed by atoms with E-state index < -0.39 is 6.49 Å². The fourth-order valence-electron chi connectivity index (χ4n) is 1.47. The molecule has 0 saturated carbocycles. The Morgan fingerprint density at radius 1 is 1.06 bits per heavy atom. The maximum atomic E-state index is 5.34. The number of para-hydroxylation sites is 1. The van der Waals surface area contributed by atoms with E-state index in [1.54, 1.807) is 14.2 Å². The normalized spacial score (nSPS) is 11.9. The molecule has 2 aromatic rings. The van der Waals surface area contributed by atoms with E-state index >= 15 is 0 Å². The van der Waals surface area contributed by atoms with Gasteiger partial charge in [0, 0.05) is 19.6 Å². The zero-order chi connectivity index (χ0) is 11.6. The van der Waals surface area contributed by atoms with E-state index in [0.717, 1.165) is 10.9 Å². The Labute approximate surface area is 99.6 Å². The molecule has 0 fully saturated rings. The molecule has 0 atom stereocenters. The minimum atomic E-state index is -2.42. The average Bonchev–Trinajstić information content (AvgIpc) is 2.37. The molecule has 0 aliphatic heterocycles. The number of pyridine rings is 1. The second kappa shape index (κ2) is 4.60. The minimum absolute atomic E-state index is 0.700. The van der Waals surface area contributed by atoms with Gasteiger partial charge in [-0.15, -0.1) is 0 Å². The third kappa shape index (κ3) is 2.02. The van der Waals surface area contributed by atoms with Crippen LogP contribution in [0.4, 0.5) is 0 Å². The highest BCUT2D eigenvalue weighted by Gasteiger charge is 2.20. The first-order valence-corrected chi connectivity index (χ1v) is 7.41. The smallest absolute Gasteiger partial charge is 0.237 e. The van der Waals surface area contributed by atoms with Crippen molar-refractivity contribution in [2.45, 2.75) is 0 Å². The van der Waals surface area contributed by atoms with Gasteiger partial charge in [-0.2, -0.15) is 0 Å². The number of benzene rings is 1. The number of hydrogen-bond donors (Lipinski definition) is 0. The molecule has 0 N–H and O–H groups in total. The SMILES string of the molecule is COP(=S)(OC)c1ccc2ccccc2n1. The number of aromatic nitrogens is 1. The molecule has 0 aliphatic rings. The van der Waals surface area contributed by atoms with E-state index in [9.17, 15) is 0 Å². The van der Waals surface area contributed by atoms with Gasteiger partial charge in [-0.3, -0.25) is 0 Å². The maximum absolute atomic E-state index is 5.34.